The predicted molar refractivity (Wildman–Crippen MR) is 91.2 cm³/mol. The number of aliphatic imine (C=N–C) groups is 1. The SMILES string of the molecule is CN=C(NCCCN(C)CC(F)(F)F)N1CCC2(CCCCC2)C1. The zero-order chi connectivity index (χ0) is 17.6. The number of nitrogens with zero attached hydrogens (tertiary/aromatic N) is 3. The molecule has 0 radical (unpaired) electrons. The number of rotatable bonds is 5. The number of hydrogen-bond donors (Lipinski definition) is 1. The Morgan fingerprint density at radius 1 is 1.21 bits per heavy atom. The molecule has 0 aromatic heterocycles. The average molecular weight is 348 g/mol. The van der Waals surface area contributed by atoms with Crippen LogP contribution in [0, 0.1) is 5.41 Å². The van der Waals surface area contributed by atoms with Crippen LogP contribution in [0.15, 0.2) is 4.99 Å². The Morgan fingerprint density at radius 2 is 1.92 bits per heavy atom. The van der Waals surface area contributed by atoms with E-state index in [9.17, 15) is 13.2 Å². The van der Waals surface area contributed by atoms with Gasteiger partial charge in [-0.15, -0.1) is 0 Å². The molecule has 0 bridgehead atoms. The molecule has 0 atom stereocenters. The molecule has 0 aromatic carbocycles. The number of alkyl halides is 3. The summed E-state index contributed by atoms with van der Waals surface area (Å²) < 4.78 is 36.9. The molecule has 1 saturated heterocycles. The molecular formula is C17H31F3N4. The van der Waals surface area contributed by atoms with Crippen LogP contribution in [0.4, 0.5) is 13.2 Å². The van der Waals surface area contributed by atoms with E-state index in [1.807, 2.05) is 0 Å². The Balaban J connectivity index is 1.70. The number of hydrogen-bond acceptors (Lipinski definition) is 2. The Bertz CT molecular complexity index is 417. The van der Waals surface area contributed by atoms with Crippen molar-refractivity contribution >= 4 is 5.96 Å². The number of likely N-dealkylation sites (tertiary alicyclic amines) is 1. The van der Waals surface area contributed by atoms with Gasteiger partial charge < -0.3 is 10.2 Å². The zero-order valence-corrected chi connectivity index (χ0v) is 15.0. The van der Waals surface area contributed by atoms with Crippen molar-refractivity contribution in [2.75, 3.05) is 46.8 Å². The highest BCUT2D eigenvalue weighted by molar-refractivity contribution is 5.80. The van der Waals surface area contributed by atoms with Crippen molar-refractivity contribution in [1.82, 2.24) is 15.1 Å². The molecule has 24 heavy (non-hydrogen) atoms. The van der Waals surface area contributed by atoms with Crippen molar-refractivity contribution in [3.05, 3.63) is 0 Å². The van der Waals surface area contributed by atoms with E-state index in [0.717, 1.165) is 19.0 Å². The van der Waals surface area contributed by atoms with Gasteiger partial charge in [-0.1, -0.05) is 19.3 Å². The zero-order valence-electron chi connectivity index (χ0n) is 15.0. The standard InChI is InChI=1S/C17H31F3N4/c1-21-15(22-10-6-11-23(2)14-17(18,19)20)24-12-9-16(13-24)7-4-3-5-8-16/h3-14H2,1-2H3,(H,21,22). The van der Waals surface area contributed by atoms with Gasteiger partial charge in [0.15, 0.2) is 5.96 Å². The van der Waals surface area contributed by atoms with Gasteiger partial charge in [-0.05, 0) is 44.7 Å². The third kappa shape index (κ3) is 5.83. The summed E-state index contributed by atoms with van der Waals surface area (Å²) in [5.41, 5.74) is 0.475. The van der Waals surface area contributed by atoms with E-state index in [2.05, 4.69) is 15.2 Å². The summed E-state index contributed by atoms with van der Waals surface area (Å²) in [4.78, 5) is 8.00. The fourth-order valence-electron chi connectivity index (χ4n) is 4.09. The molecule has 1 N–H and O–H groups in total. The van der Waals surface area contributed by atoms with Crippen molar-refractivity contribution in [3.63, 3.8) is 0 Å². The van der Waals surface area contributed by atoms with Gasteiger partial charge in [0.05, 0.1) is 6.54 Å². The monoisotopic (exact) mass is 348 g/mol. The molecule has 2 rings (SSSR count). The first-order valence-corrected chi connectivity index (χ1v) is 9.04. The lowest BCUT2D eigenvalue weighted by Gasteiger charge is -2.33. The van der Waals surface area contributed by atoms with Gasteiger partial charge in [-0.3, -0.25) is 9.89 Å². The minimum absolute atomic E-state index is 0.424. The molecule has 1 heterocycles. The molecule has 1 spiro atoms. The van der Waals surface area contributed by atoms with Gasteiger partial charge in [0.25, 0.3) is 0 Å². The first kappa shape index (κ1) is 19.3. The van der Waals surface area contributed by atoms with E-state index in [1.54, 1.807) is 7.05 Å². The van der Waals surface area contributed by atoms with E-state index >= 15 is 0 Å². The first-order valence-electron chi connectivity index (χ1n) is 9.04. The Labute approximate surface area is 143 Å². The maximum absolute atomic E-state index is 12.3. The second-order valence-corrected chi connectivity index (χ2v) is 7.41. The van der Waals surface area contributed by atoms with Crippen molar-refractivity contribution in [2.45, 2.75) is 51.1 Å². The molecule has 1 aliphatic heterocycles. The summed E-state index contributed by atoms with van der Waals surface area (Å²) in [6.45, 7) is 2.33. The highest BCUT2D eigenvalue weighted by atomic mass is 19.4. The fourth-order valence-corrected chi connectivity index (χ4v) is 4.09. The fraction of sp³-hybridized carbons (Fsp3) is 0.941. The Morgan fingerprint density at radius 3 is 2.54 bits per heavy atom. The van der Waals surface area contributed by atoms with Crippen LogP contribution in [0.2, 0.25) is 0 Å². The van der Waals surface area contributed by atoms with Gasteiger partial charge in [-0.2, -0.15) is 13.2 Å². The van der Waals surface area contributed by atoms with E-state index in [1.165, 1.54) is 50.5 Å². The van der Waals surface area contributed by atoms with E-state index in [-0.39, 0.29) is 0 Å². The normalized spacial score (nSPS) is 21.8. The third-order valence-electron chi connectivity index (χ3n) is 5.31. The van der Waals surface area contributed by atoms with Crippen LogP contribution in [0.5, 0.6) is 0 Å². The van der Waals surface area contributed by atoms with Crippen molar-refractivity contribution in [1.29, 1.82) is 0 Å². The second-order valence-electron chi connectivity index (χ2n) is 7.41. The summed E-state index contributed by atoms with van der Waals surface area (Å²) in [6.07, 6.45) is 4.47. The Kier molecular flexibility index (Phi) is 6.78. The molecule has 2 aliphatic rings. The second kappa shape index (κ2) is 8.41. The minimum atomic E-state index is -4.12. The van der Waals surface area contributed by atoms with Gasteiger partial charge in [0.2, 0.25) is 0 Å². The summed E-state index contributed by atoms with van der Waals surface area (Å²) in [5.74, 6) is 0.899. The van der Waals surface area contributed by atoms with Gasteiger partial charge >= 0.3 is 6.18 Å². The molecule has 0 aromatic rings. The maximum atomic E-state index is 12.3. The quantitative estimate of drug-likeness (QED) is 0.471. The van der Waals surface area contributed by atoms with Gasteiger partial charge in [0.1, 0.15) is 0 Å². The molecule has 0 amide bonds. The number of halogens is 3. The summed E-state index contributed by atoms with van der Waals surface area (Å²) in [6, 6.07) is 0. The molecule has 140 valence electrons. The van der Waals surface area contributed by atoms with Crippen LogP contribution in [0.3, 0.4) is 0 Å². The maximum Gasteiger partial charge on any atom is 0.401 e. The van der Waals surface area contributed by atoms with E-state index in [4.69, 9.17) is 0 Å². The lowest BCUT2D eigenvalue weighted by molar-refractivity contribution is -0.143. The summed E-state index contributed by atoms with van der Waals surface area (Å²) in [7, 11) is 3.29. The van der Waals surface area contributed by atoms with E-state index in [0.29, 0.717) is 24.9 Å². The predicted octanol–water partition coefficient (Wildman–Crippen LogP) is 3.10. The van der Waals surface area contributed by atoms with E-state index < -0.39 is 12.7 Å². The summed E-state index contributed by atoms with van der Waals surface area (Å²) >= 11 is 0. The molecule has 2 fully saturated rings. The first-order chi connectivity index (χ1) is 11.3. The Hall–Kier alpha value is -0.980. The highest BCUT2D eigenvalue weighted by Crippen LogP contribution is 2.43. The smallest absolute Gasteiger partial charge is 0.356 e. The summed E-state index contributed by atoms with van der Waals surface area (Å²) in [5, 5.41) is 3.32. The number of nitrogens with one attached hydrogen (secondary N) is 1. The topological polar surface area (TPSA) is 30.9 Å². The largest absolute Gasteiger partial charge is 0.401 e. The molecule has 4 nitrogen and oxygen atoms in total. The van der Waals surface area contributed by atoms with Crippen LogP contribution in [0.25, 0.3) is 0 Å². The molecule has 7 heteroatoms. The van der Waals surface area contributed by atoms with Crippen molar-refractivity contribution < 1.29 is 13.2 Å². The molecule has 1 aliphatic carbocycles. The van der Waals surface area contributed by atoms with Crippen LogP contribution in [-0.4, -0.2) is 68.8 Å². The average Bonchev–Trinajstić information content (AvgIpc) is 2.89. The van der Waals surface area contributed by atoms with Gasteiger partial charge in [0, 0.05) is 26.7 Å². The van der Waals surface area contributed by atoms with Crippen LogP contribution >= 0.6 is 0 Å². The molecule has 1 saturated carbocycles. The molecule has 0 unspecified atom stereocenters. The third-order valence-corrected chi connectivity index (χ3v) is 5.31. The van der Waals surface area contributed by atoms with Crippen LogP contribution < -0.4 is 5.32 Å². The number of guanidine groups is 1. The van der Waals surface area contributed by atoms with Crippen LogP contribution in [0.1, 0.15) is 44.9 Å². The lowest BCUT2D eigenvalue weighted by Crippen LogP contribution is -2.42. The highest BCUT2D eigenvalue weighted by Gasteiger charge is 2.39. The van der Waals surface area contributed by atoms with Crippen LogP contribution in [-0.2, 0) is 0 Å². The molecular weight excluding hydrogens is 317 g/mol. The van der Waals surface area contributed by atoms with Crippen molar-refractivity contribution in [3.8, 4) is 0 Å². The lowest BCUT2D eigenvalue weighted by atomic mass is 9.73. The minimum Gasteiger partial charge on any atom is -0.356 e. The van der Waals surface area contributed by atoms with Crippen molar-refractivity contribution in [2.24, 2.45) is 10.4 Å². The van der Waals surface area contributed by atoms with Gasteiger partial charge in [-0.25, -0.2) is 0 Å².